The fourth-order valence-electron chi connectivity index (χ4n) is 3.75. The third-order valence-corrected chi connectivity index (χ3v) is 5.51. The van der Waals surface area contributed by atoms with E-state index in [1.54, 1.807) is 13.2 Å². The fourth-order valence-corrected chi connectivity index (χ4v) is 3.75. The summed E-state index contributed by atoms with van der Waals surface area (Å²) >= 11 is 0. The molecule has 0 aliphatic heterocycles. The molecule has 0 fully saturated rings. The molecular formula is C28H27F3O3. The van der Waals surface area contributed by atoms with E-state index in [2.05, 4.69) is 0 Å². The van der Waals surface area contributed by atoms with Crippen molar-refractivity contribution >= 4 is 18.1 Å². The number of methoxy groups -OCH3 is 1. The molecule has 178 valence electrons. The maximum atomic E-state index is 13.0. The third-order valence-electron chi connectivity index (χ3n) is 5.51. The molecular weight excluding hydrogens is 441 g/mol. The van der Waals surface area contributed by atoms with Crippen LogP contribution in [0.1, 0.15) is 48.4 Å². The second-order valence-corrected chi connectivity index (χ2v) is 8.59. The zero-order valence-corrected chi connectivity index (χ0v) is 19.3. The minimum absolute atomic E-state index is 0.161. The molecule has 1 atom stereocenters. The van der Waals surface area contributed by atoms with E-state index >= 15 is 0 Å². The Morgan fingerprint density at radius 1 is 0.912 bits per heavy atom. The first kappa shape index (κ1) is 25.1. The molecule has 0 radical (unpaired) electrons. The van der Waals surface area contributed by atoms with Crippen molar-refractivity contribution in [2.24, 2.45) is 5.92 Å². The summed E-state index contributed by atoms with van der Waals surface area (Å²) in [7, 11) is 1.59. The first-order valence-electron chi connectivity index (χ1n) is 10.9. The van der Waals surface area contributed by atoms with E-state index < -0.39 is 23.6 Å². The van der Waals surface area contributed by atoms with Crippen LogP contribution in [0.4, 0.5) is 13.2 Å². The lowest BCUT2D eigenvalue weighted by Crippen LogP contribution is -2.14. The van der Waals surface area contributed by atoms with Crippen molar-refractivity contribution in [1.29, 1.82) is 0 Å². The summed E-state index contributed by atoms with van der Waals surface area (Å²) in [5.74, 6) is -0.748. The van der Waals surface area contributed by atoms with E-state index in [0.717, 1.165) is 29.0 Å². The van der Waals surface area contributed by atoms with Crippen LogP contribution in [0.3, 0.4) is 0 Å². The molecule has 0 aromatic heterocycles. The summed E-state index contributed by atoms with van der Waals surface area (Å²) in [5, 5.41) is 9.86. The number of carbonyl (C=O) groups is 1. The molecule has 3 aromatic carbocycles. The molecule has 6 heteroatoms. The molecule has 3 rings (SSSR count). The number of ether oxygens (including phenoxy) is 1. The first-order valence-corrected chi connectivity index (χ1v) is 10.9. The van der Waals surface area contributed by atoms with Crippen molar-refractivity contribution in [1.82, 2.24) is 0 Å². The molecule has 1 unspecified atom stereocenters. The zero-order valence-electron chi connectivity index (χ0n) is 19.3. The minimum atomic E-state index is -4.42. The van der Waals surface area contributed by atoms with Gasteiger partial charge in [0.15, 0.2) is 0 Å². The van der Waals surface area contributed by atoms with Gasteiger partial charge in [-0.1, -0.05) is 62.4 Å². The number of carboxylic acid groups (broad SMARTS) is 1. The van der Waals surface area contributed by atoms with E-state index in [1.165, 1.54) is 12.1 Å². The van der Waals surface area contributed by atoms with Crippen LogP contribution in [-0.2, 0) is 11.0 Å². The van der Waals surface area contributed by atoms with Crippen LogP contribution in [0.25, 0.3) is 23.3 Å². The lowest BCUT2D eigenvalue weighted by atomic mass is 9.87. The van der Waals surface area contributed by atoms with Gasteiger partial charge < -0.3 is 9.84 Å². The summed E-state index contributed by atoms with van der Waals surface area (Å²) in [4.78, 5) is 12.0. The highest BCUT2D eigenvalue weighted by atomic mass is 19.4. The van der Waals surface area contributed by atoms with Crippen LogP contribution in [0.5, 0.6) is 5.75 Å². The quantitative estimate of drug-likeness (QED) is 0.344. The highest BCUT2D eigenvalue weighted by molar-refractivity contribution is 5.80. The minimum Gasteiger partial charge on any atom is -0.497 e. The highest BCUT2D eigenvalue weighted by Gasteiger charge is 2.30. The Labute approximate surface area is 197 Å². The van der Waals surface area contributed by atoms with Crippen molar-refractivity contribution in [3.05, 3.63) is 89.0 Å². The lowest BCUT2D eigenvalue weighted by molar-refractivity contribution is -0.139. The first-order chi connectivity index (χ1) is 16.1. The Morgan fingerprint density at radius 3 is 2.06 bits per heavy atom. The molecule has 0 saturated heterocycles. The normalized spacial score (nSPS) is 12.8. The van der Waals surface area contributed by atoms with Crippen molar-refractivity contribution < 1.29 is 27.8 Å². The summed E-state index contributed by atoms with van der Waals surface area (Å²) in [6, 6.07) is 17.8. The number of alkyl halides is 3. The van der Waals surface area contributed by atoms with Gasteiger partial charge in [-0.25, -0.2) is 0 Å². The number of hydrogen-bond donors (Lipinski definition) is 1. The lowest BCUT2D eigenvalue weighted by Gasteiger charge is -2.17. The monoisotopic (exact) mass is 468 g/mol. The molecule has 0 saturated carbocycles. The van der Waals surface area contributed by atoms with Crippen LogP contribution in [0, 0.1) is 5.92 Å². The van der Waals surface area contributed by atoms with Crippen LogP contribution in [0.15, 0.2) is 66.7 Å². The summed E-state index contributed by atoms with van der Waals surface area (Å²) in [6.45, 7) is 3.92. The molecule has 3 aromatic rings. The van der Waals surface area contributed by atoms with Gasteiger partial charge in [-0.15, -0.1) is 0 Å². The number of carboxylic acids is 1. The maximum Gasteiger partial charge on any atom is 0.416 e. The van der Waals surface area contributed by atoms with Crippen molar-refractivity contribution in [2.75, 3.05) is 7.11 Å². The van der Waals surface area contributed by atoms with Crippen LogP contribution in [-0.4, -0.2) is 18.2 Å². The van der Waals surface area contributed by atoms with Gasteiger partial charge in [0.2, 0.25) is 0 Å². The second-order valence-electron chi connectivity index (χ2n) is 8.59. The maximum absolute atomic E-state index is 13.0. The molecule has 0 aliphatic rings. The average Bonchev–Trinajstić information content (AvgIpc) is 2.80. The molecule has 0 amide bonds. The highest BCUT2D eigenvalue weighted by Crippen LogP contribution is 2.34. The fraction of sp³-hybridized carbons (Fsp3) is 0.250. The third kappa shape index (κ3) is 6.50. The molecule has 0 bridgehead atoms. The predicted molar refractivity (Wildman–Crippen MR) is 129 cm³/mol. The van der Waals surface area contributed by atoms with Crippen molar-refractivity contribution in [2.45, 2.75) is 32.4 Å². The van der Waals surface area contributed by atoms with E-state index in [0.29, 0.717) is 23.1 Å². The number of aliphatic carboxylic acids is 1. The smallest absolute Gasteiger partial charge is 0.416 e. The molecule has 3 nitrogen and oxygen atoms in total. The Bertz CT molecular complexity index is 1150. The van der Waals surface area contributed by atoms with Crippen LogP contribution >= 0.6 is 0 Å². The molecule has 0 aliphatic carbocycles. The second kappa shape index (κ2) is 10.6. The van der Waals surface area contributed by atoms with E-state index in [9.17, 15) is 23.1 Å². The summed E-state index contributed by atoms with van der Waals surface area (Å²) in [6.07, 6.45) is -0.202. The summed E-state index contributed by atoms with van der Waals surface area (Å²) in [5.41, 5.74) is 2.83. The Kier molecular flexibility index (Phi) is 7.82. The van der Waals surface area contributed by atoms with Gasteiger partial charge in [0.05, 0.1) is 18.6 Å². The van der Waals surface area contributed by atoms with Crippen molar-refractivity contribution in [3.63, 3.8) is 0 Å². The molecule has 0 heterocycles. The zero-order chi connectivity index (χ0) is 24.9. The number of rotatable bonds is 8. The van der Waals surface area contributed by atoms with Gasteiger partial charge >= 0.3 is 12.1 Å². The van der Waals surface area contributed by atoms with Gasteiger partial charge in [-0.3, -0.25) is 4.79 Å². The van der Waals surface area contributed by atoms with Gasteiger partial charge in [0, 0.05) is 0 Å². The SMILES string of the molecule is COc1ccc(/C=C/c2cc(-c3ccc(C(F)(F)F)cc3)cc(C(CC(C)C)C(=O)O)c2)cc1. The Balaban J connectivity index is 2.05. The van der Waals surface area contributed by atoms with E-state index in [1.807, 2.05) is 62.4 Å². The molecule has 1 N–H and O–H groups in total. The van der Waals surface area contributed by atoms with Gasteiger partial charge in [0.1, 0.15) is 5.75 Å². The van der Waals surface area contributed by atoms with Gasteiger partial charge in [0.25, 0.3) is 0 Å². The standard InChI is InChI=1S/C28H27F3O3/c1-18(2)14-26(27(32)33)23-16-20(5-4-19-6-12-25(34-3)13-7-19)15-22(17-23)21-8-10-24(11-9-21)28(29,30)31/h4-13,15-18,26H,14H2,1-3H3,(H,32,33)/b5-4+. The number of halogens is 3. The topological polar surface area (TPSA) is 46.5 Å². The number of benzene rings is 3. The molecule has 0 spiro atoms. The number of hydrogen-bond acceptors (Lipinski definition) is 2. The van der Waals surface area contributed by atoms with E-state index in [-0.39, 0.29) is 5.92 Å². The van der Waals surface area contributed by atoms with Crippen LogP contribution in [0.2, 0.25) is 0 Å². The van der Waals surface area contributed by atoms with Gasteiger partial charge in [-0.2, -0.15) is 13.2 Å². The van der Waals surface area contributed by atoms with Crippen LogP contribution < -0.4 is 4.74 Å². The van der Waals surface area contributed by atoms with E-state index in [4.69, 9.17) is 4.74 Å². The van der Waals surface area contributed by atoms with Crippen molar-refractivity contribution in [3.8, 4) is 16.9 Å². The Morgan fingerprint density at radius 2 is 1.53 bits per heavy atom. The molecule has 34 heavy (non-hydrogen) atoms. The Hall–Kier alpha value is -3.54. The van der Waals surface area contributed by atoms with Gasteiger partial charge in [-0.05, 0) is 70.5 Å². The predicted octanol–water partition coefficient (Wildman–Crippen LogP) is 7.77. The average molecular weight is 469 g/mol. The largest absolute Gasteiger partial charge is 0.497 e. The summed E-state index contributed by atoms with van der Waals surface area (Å²) < 4.78 is 44.2.